The fourth-order valence-corrected chi connectivity index (χ4v) is 2.45. The first-order valence-electron chi connectivity index (χ1n) is 6.58. The standard InChI is InChI=1S/C14H24N2O/c1-4-12(10-15-3)14(17)16-11(2)13-8-6-5-7-9-13/h4,10-11,13H,5-9H2,1-3H3,(H,16,17). The summed E-state index contributed by atoms with van der Waals surface area (Å²) in [7, 11) is 1.68. The Balaban J connectivity index is 2.49. The zero-order valence-electron chi connectivity index (χ0n) is 11.2. The molecule has 1 N–H and O–H groups in total. The molecular weight excluding hydrogens is 212 g/mol. The fraction of sp³-hybridized carbons (Fsp3) is 0.714. The third-order valence-corrected chi connectivity index (χ3v) is 3.56. The molecule has 96 valence electrons. The van der Waals surface area contributed by atoms with E-state index in [0.29, 0.717) is 11.5 Å². The van der Waals surface area contributed by atoms with Crippen LogP contribution in [0.4, 0.5) is 0 Å². The van der Waals surface area contributed by atoms with Gasteiger partial charge in [0.2, 0.25) is 0 Å². The molecule has 0 aromatic rings. The highest BCUT2D eigenvalue weighted by molar-refractivity contribution is 6.12. The second kappa shape index (κ2) is 7.25. The van der Waals surface area contributed by atoms with Gasteiger partial charge < -0.3 is 5.32 Å². The second-order valence-corrected chi connectivity index (χ2v) is 4.79. The molecule has 3 nitrogen and oxygen atoms in total. The third-order valence-electron chi connectivity index (χ3n) is 3.56. The first kappa shape index (κ1) is 13.9. The molecule has 0 saturated heterocycles. The van der Waals surface area contributed by atoms with Gasteiger partial charge >= 0.3 is 0 Å². The molecular formula is C14H24N2O. The topological polar surface area (TPSA) is 41.5 Å². The first-order valence-corrected chi connectivity index (χ1v) is 6.58. The van der Waals surface area contributed by atoms with Gasteiger partial charge in [-0.2, -0.15) is 0 Å². The van der Waals surface area contributed by atoms with Gasteiger partial charge in [-0.05, 0) is 32.6 Å². The van der Waals surface area contributed by atoms with E-state index >= 15 is 0 Å². The van der Waals surface area contributed by atoms with Crippen molar-refractivity contribution in [2.75, 3.05) is 7.05 Å². The van der Waals surface area contributed by atoms with E-state index in [1.165, 1.54) is 32.1 Å². The second-order valence-electron chi connectivity index (χ2n) is 4.79. The predicted molar refractivity (Wildman–Crippen MR) is 72.4 cm³/mol. The third kappa shape index (κ3) is 4.33. The molecule has 1 rings (SSSR count). The molecule has 1 unspecified atom stereocenters. The average Bonchev–Trinajstić information content (AvgIpc) is 2.36. The van der Waals surface area contributed by atoms with Gasteiger partial charge in [-0.25, -0.2) is 0 Å². The number of amides is 1. The molecule has 0 bridgehead atoms. The highest BCUT2D eigenvalue weighted by Crippen LogP contribution is 2.26. The first-order chi connectivity index (χ1) is 8.19. The Morgan fingerprint density at radius 3 is 2.53 bits per heavy atom. The summed E-state index contributed by atoms with van der Waals surface area (Å²) in [5.41, 5.74) is 0.648. The minimum atomic E-state index is -0.00354. The van der Waals surface area contributed by atoms with Gasteiger partial charge in [-0.15, -0.1) is 0 Å². The van der Waals surface area contributed by atoms with Crippen molar-refractivity contribution < 1.29 is 4.79 Å². The molecule has 1 aliphatic carbocycles. The Labute approximate surface area is 104 Å². The van der Waals surface area contributed by atoms with Crippen LogP contribution in [0, 0.1) is 5.92 Å². The number of allylic oxidation sites excluding steroid dienone is 1. The van der Waals surface area contributed by atoms with Gasteiger partial charge in [0, 0.05) is 19.3 Å². The van der Waals surface area contributed by atoms with Gasteiger partial charge in [0.15, 0.2) is 0 Å². The zero-order chi connectivity index (χ0) is 12.7. The quantitative estimate of drug-likeness (QED) is 0.592. The molecule has 0 spiro atoms. The number of carbonyl (C=O) groups is 1. The summed E-state index contributed by atoms with van der Waals surface area (Å²) < 4.78 is 0. The lowest BCUT2D eigenvalue weighted by Gasteiger charge is -2.28. The Morgan fingerprint density at radius 2 is 2.00 bits per heavy atom. The van der Waals surface area contributed by atoms with Gasteiger partial charge in [0.1, 0.15) is 0 Å². The van der Waals surface area contributed by atoms with Crippen molar-refractivity contribution in [2.45, 2.75) is 52.0 Å². The number of rotatable bonds is 4. The smallest absolute Gasteiger partial charge is 0.252 e. The maximum absolute atomic E-state index is 11.9. The van der Waals surface area contributed by atoms with E-state index in [-0.39, 0.29) is 11.9 Å². The molecule has 0 aliphatic heterocycles. The number of carbonyl (C=O) groups excluding carboxylic acids is 1. The van der Waals surface area contributed by atoms with Crippen molar-refractivity contribution in [3.05, 3.63) is 11.6 Å². The maximum Gasteiger partial charge on any atom is 0.252 e. The lowest BCUT2D eigenvalue weighted by Crippen LogP contribution is -2.39. The maximum atomic E-state index is 11.9. The molecule has 1 fully saturated rings. The van der Waals surface area contributed by atoms with Crippen molar-refractivity contribution >= 4 is 12.1 Å². The van der Waals surface area contributed by atoms with Crippen molar-refractivity contribution in [3.8, 4) is 0 Å². The average molecular weight is 236 g/mol. The molecule has 1 amide bonds. The Morgan fingerprint density at radius 1 is 1.35 bits per heavy atom. The molecule has 0 radical (unpaired) electrons. The van der Waals surface area contributed by atoms with E-state index in [2.05, 4.69) is 17.2 Å². The highest BCUT2D eigenvalue weighted by atomic mass is 16.1. The van der Waals surface area contributed by atoms with E-state index in [9.17, 15) is 4.79 Å². The minimum Gasteiger partial charge on any atom is -0.349 e. The van der Waals surface area contributed by atoms with Crippen molar-refractivity contribution in [2.24, 2.45) is 10.9 Å². The normalized spacial score (nSPS) is 20.5. The van der Waals surface area contributed by atoms with E-state index in [0.717, 1.165) is 0 Å². The van der Waals surface area contributed by atoms with Gasteiger partial charge in [-0.1, -0.05) is 25.3 Å². The summed E-state index contributed by atoms with van der Waals surface area (Å²) in [5.74, 6) is 0.639. The summed E-state index contributed by atoms with van der Waals surface area (Å²) in [4.78, 5) is 15.8. The van der Waals surface area contributed by atoms with Gasteiger partial charge in [-0.3, -0.25) is 9.79 Å². The number of aliphatic imine (C=N–C) groups is 1. The van der Waals surface area contributed by atoms with Crippen LogP contribution in [-0.2, 0) is 4.79 Å². The van der Waals surface area contributed by atoms with E-state index < -0.39 is 0 Å². The van der Waals surface area contributed by atoms with Gasteiger partial charge in [0.25, 0.3) is 5.91 Å². The van der Waals surface area contributed by atoms with Crippen LogP contribution in [0.2, 0.25) is 0 Å². The minimum absolute atomic E-state index is 0.00354. The molecule has 17 heavy (non-hydrogen) atoms. The van der Waals surface area contributed by atoms with Gasteiger partial charge in [0.05, 0.1) is 5.57 Å². The summed E-state index contributed by atoms with van der Waals surface area (Å²) in [6, 6.07) is 0.267. The summed E-state index contributed by atoms with van der Waals surface area (Å²) in [6.07, 6.45) is 9.86. The fourth-order valence-electron chi connectivity index (χ4n) is 2.45. The molecule has 1 aliphatic rings. The van der Waals surface area contributed by atoms with E-state index in [4.69, 9.17) is 0 Å². The summed E-state index contributed by atoms with van der Waals surface area (Å²) >= 11 is 0. The largest absolute Gasteiger partial charge is 0.349 e. The van der Waals surface area contributed by atoms with Crippen molar-refractivity contribution in [3.63, 3.8) is 0 Å². The summed E-state index contributed by atoms with van der Waals surface area (Å²) in [6.45, 7) is 3.98. The lowest BCUT2D eigenvalue weighted by atomic mass is 9.84. The molecule has 0 aromatic heterocycles. The number of hydrogen-bond donors (Lipinski definition) is 1. The Kier molecular flexibility index (Phi) is 5.95. The van der Waals surface area contributed by atoms with E-state index in [1.807, 2.05) is 6.92 Å². The Bertz CT molecular complexity index is 301. The summed E-state index contributed by atoms with van der Waals surface area (Å²) in [5, 5.41) is 3.09. The number of hydrogen-bond acceptors (Lipinski definition) is 2. The van der Waals surface area contributed by atoms with Crippen LogP contribution < -0.4 is 5.32 Å². The van der Waals surface area contributed by atoms with Crippen LogP contribution in [0.1, 0.15) is 46.0 Å². The van der Waals surface area contributed by atoms with Crippen LogP contribution in [0.3, 0.4) is 0 Å². The lowest BCUT2D eigenvalue weighted by molar-refractivity contribution is -0.118. The van der Waals surface area contributed by atoms with Crippen molar-refractivity contribution in [1.29, 1.82) is 0 Å². The molecule has 3 heteroatoms. The predicted octanol–water partition coefficient (Wildman–Crippen LogP) is 2.72. The number of nitrogens with one attached hydrogen (secondary N) is 1. The van der Waals surface area contributed by atoms with Crippen LogP contribution in [0.5, 0.6) is 0 Å². The Hall–Kier alpha value is -1.12. The molecule has 1 saturated carbocycles. The van der Waals surface area contributed by atoms with Crippen LogP contribution >= 0.6 is 0 Å². The zero-order valence-corrected chi connectivity index (χ0v) is 11.2. The number of nitrogens with zero attached hydrogens (tertiary/aromatic N) is 1. The van der Waals surface area contributed by atoms with Crippen LogP contribution in [0.15, 0.2) is 16.6 Å². The van der Waals surface area contributed by atoms with Crippen LogP contribution in [0.25, 0.3) is 0 Å². The van der Waals surface area contributed by atoms with Crippen LogP contribution in [-0.4, -0.2) is 25.2 Å². The molecule has 0 aromatic carbocycles. The van der Waals surface area contributed by atoms with E-state index in [1.54, 1.807) is 19.3 Å². The monoisotopic (exact) mass is 236 g/mol. The molecule has 0 heterocycles. The SMILES string of the molecule is CC=C(C=NC)C(=O)NC(C)C1CCCCC1. The van der Waals surface area contributed by atoms with Crippen molar-refractivity contribution in [1.82, 2.24) is 5.32 Å². The highest BCUT2D eigenvalue weighted by Gasteiger charge is 2.21. The molecule has 1 atom stereocenters.